The third-order valence-corrected chi connectivity index (χ3v) is 14.3. The molecule has 0 bridgehead atoms. The van der Waals surface area contributed by atoms with Crippen LogP contribution < -0.4 is 19.7 Å². The number of aromatic nitrogens is 2. The van der Waals surface area contributed by atoms with E-state index in [9.17, 15) is 23.3 Å². The summed E-state index contributed by atoms with van der Waals surface area (Å²) >= 11 is 6.65. The van der Waals surface area contributed by atoms with Crippen molar-refractivity contribution >= 4 is 55.6 Å². The first-order chi connectivity index (χ1) is 30.1. The molecule has 5 heterocycles. The van der Waals surface area contributed by atoms with Crippen molar-refractivity contribution in [2.45, 2.75) is 42.7 Å². The molecule has 0 unspecified atom stereocenters. The fourth-order valence-corrected chi connectivity index (χ4v) is 10.3. The van der Waals surface area contributed by atoms with Gasteiger partial charge in [-0.1, -0.05) is 30.2 Å². The van der Waals surface area contributed by atoms with Crippen molar-refractivity contribution in [1.82, 2.24) is 29.4 Å². The first-order valence-corrected chi connectivity index (χ1v) is 23.1. The van der Waals surface area contributed by atoms with Crippen molar-refractivity contribution in [3.8, 4) is 11.5 Å². The van der Waals surface area contributed by atoms with Gasteiger partial charge in [0.15, 0.2) is 0 Å². The summed E-state index contributed by atoms with van der Waals surface area (Å²) in [6.45, 7) is 9.38. The zero-order valence-electron chi connectivity index (χ0n) is 34.3. The number of fused-ring (bicyclic) bond motifs is 2. The van der Waals surface area contributed by atoms with E-state index in [2.05, 4.69) is 45.7 Å². The third kappa shape index (κ3) is 9.09. The summed E-state index contributed by atoms with van der Waals surface area (Å²) in [4.78, 5) is 42.0. The number of hydrogen-bond donors (Lipinski definition) is 3. The largest absolute Gasteiger partial charge is 0.455 e. The topological polar surface area (TPSA) is 179 Å². The lowest BCUT2D eigenvalue weighted by molar-refractivity contribution is -0.384. The Morgan fingerprint density at radius 3 is 2.55 bits per heavy atom. The molecule has 0 saturated carbocycles. The number of amides is 1. The van der Waals surface area contributed by atoms with Gasteiger partial charge in [-0.3, -0.25) is 29.6 Å². The van der Waals surface area contributed by atoms with E-state index in [4.69, 9.17) is 21.1 Å². The van der Waals surface area contributed by atoms with E-state index < -0.39 is 31.4 Å². The number of aromatic amines is 1. The summed E-state index contributed by atoms with van der Waals surface area (Å²) in [5.41, 5.74) is 3.78. The minimum Gasteiger partial charge on any atom is -0.455 e. The number of anilines is 2. The lowest BCUT2D eigenvalue weighted by atomic mass is 9.97. The zero-order valence-corrected chi connectivity index (χ0v) is 35.9. The Hall–Kier alpha value is -5.30. The Morgan fingerprint density at radius 2 is 1.77 bits per heavy atom. The molecule has 1 atom stereocenters. The summed E-state index contributed by atoms with van der Waals surface area (Å²) in [6, 6.07) is 19.3. The smallest absolute Gasteiger partial charge is 0.293 e. The molecule has 1 aliphatic carbocycles. The number of nitrogens with one attached hydrogen (secondary N) is 3. The molecule has 5 aromatic rings. The molecule has 3 N–H and O–H groups in total. The van der Waals surface area contributed by atoms with Gasteiger partial charge in [0.25, 0.3) is 21.6 Å². The van der Waals surface area contributed by atoms with Crippen LogP contribution in [0.3, 0.4) is 0 Å². The van der Waals surface area contributed by atoms with Gasteiger partial charge in [-0.25, -0.2) is 18.1 Å². The summed E-state index contributed by atoms with van der Waals surface area (Å²) in [5, 5.41) is 16.9. The molecule has 4 aliphatic rings. The van der Waals surface area contributed by atoms with Gasteiger partial charge in [0.1, 0.15) is 22.8 Å². The first kappa shape index (κ1) is 42.0. The Balaban J connectivity index is 0.898. The van der Waals surface area contributed by atoms with Crippen LogP contribution in [0.1, 0.15) is 46.8 Å². The Morgan fingerprint density at radius 1 is 0.968 bits per heavy atom. The molecule has 62 heavy (non-hydrogen) atoms. The van der Waals surface area contributed by atoms with E-state index in [1.807, 2.05) is 18.2 Å². The number of benzene rings is 3. The van der Waals surface area contributed by atoms with Crippen LogP contribution in [0.2, 0.25) is 5.02 Å². The SMILES string of the molecule is O=C(NS(=O)(=O)c1ccc(NCCN2CCN(C3COC3)CC2)c([N+](=O)[O-])c1)c1ccc(N2CCN([C@@H]3CCCCc4c(Cl)cccc43)CC2)cc1Oc1cnc2[nH]ccc2c1. The Kier molecular flexibility index (Phi) is 12.3. The lowest BCUT2D eigenvalue weighted by Gasteiger charge is -2.42. The standard InChI is InChI=1S/C44H50ClN9O7S/c45-38-6-3-5-36-35(38)4-1-2-7-40(36)53-22-20-51(21-23-53)31-8-10-37(42(25-31)61-33-24-30-12-13-47-43(30)48-27-33)44(55)49-62(58,59)34-9-11-39(41(26-34)54(56)57)46-14-15-50-16-18-52(19-17-50)32-28-60-29-32/h3,5-6,8-13,24-27,32,40,46H,1-2,4,7,14-23,28-29H2,(H,47,48)(H,49,55)/t40-/m1/s1. The minimum atomic E-state index is -4.56. The lowest BCUT2D eigenvalue weighted by Crippen LogP contribution is -2.56. The van der Waals surface area contributed by atoms with Gasteiger partial charge in [0.2, 0.25) is 0 Å². The van der Waals surface area contributed by atoms with E-state index in [1.54, 1.807) is 30.5 Å². The maximum absolute atomic E-state index is 13.9. The quantitative estimate of drug-likeness (QED) is 0.0708. The highest BCUT2D eigenvalue weighted by atomic mass is 35.5. The molecular weight excluding hydrogens is 834 g/mol. The van der Waals surface area contributed by atoms with Crippen LogP contribution >= 0.6 is 11.6 Å². The zero-order chi connectivity index (χ0) is 42.8. The van der Waals surface area contributed by atoms with Crippen LogP contribution in [0, 0.1) is 10.1 Å². The van der Waals surface area contributed by atoms with Gasteiger partial charge in [-0.15, -0.1) is 0 Å². The highest BCUT2D eigenvalue weighted by Gasteiger charge is 2.31. The number of nitro benzene ring substituents is 1. The molecular formula is C44H50ClN9O7S. The number of nitro groups is 1. The van der Waals surface area contributed by atoms with E-state index in [0.29, 0.717) is 30.5 Å². The molecule has 3 aromatic carbocycles. The Labute approximate surface area is 365 Å². The van der Waals surface area contributed by atoms with Gasteiger partial charge in [-0.2, -0.15) is 0 Å². The summed E-state index contributed by atoms with van der Waals surface area (Å²) < 4.78 is 41.2. The highest BCUT2D eigenvalue weighted by Crippen LogP contribution is 2.38. The minimum absolute atomic E-state index is 0.0355. The van der Waals surface area contributed by atoms with E-state index in [-0.39, 0.29) is 23.0 Å². The molecule has 1 amide bonds. The van der Waals surface area contributed by atoms with Crippen molar-refractivity contribution in [2.75, 3.05) is 88.9 Å². The molecule has 2 aromatic heterocycles. The normalized spacial score (nSPS) is 19.4. The van der Waals surface area contributed by atoms with Gasteiger partial charge >= 0.3 is 0 Å². The number of hydrogen-bond acceptors (Lipinski definition) is 13. The summed E-state index contributed by atoms with van der Waals surface area (Å²) in [6.07, 6.45) is 7.59. The van der Waals surface area contributed by atoms with E-state index >= 15 is 0 Å². The van der Waals surface area contributed by atoms with Crippen molar-refractivity contribution in [3.05, 3.63) is 111 Å². The van der Waals surface area contributed by atoms with Crippen molar-refractivity contribution in [3.63, 3.8) is 0 Å². The second-order valence-electron chi connectivity index (χ2n) is 16.3. The van der Waals surface area contributed by atoms with Crippen molar-refractivity contribution < 1.29 is 27.6 Å². The van der Waals surface area contributed by atoms with Gasteiger partial charge in [0, 0.05) is 106 Å². The molecule has 0 radical (unpaired) electrons. The second kappa shape index (κ2) is 18.2. The number of carbonyl (C=O) groups is 1. The van der Waals surface area contributed by atoms with E-state index in [1.165, 1.54) is 29.5 Å². The first-order valence-electron chi connectivity index (χ1n) is 21.2. The number of piperazine rings is 2. The molecule has 3 saturated heterocycles. The number of pyridine rings is 1. The summed E-state index contributed by atoms with van der Waals surface area (Å²) in [7, 11) is -4.56. The number of H-pyrrole nitrogens is 1. The Bertz CT molecular complexity index is 2550. The fourth-order valence-electron chi connectivity index (χ4n) is 9.05. The summed E-state index contributed by atoms with van der Waals surface area (Å²) in [5.74, 6) is -0.468. The number of rotatable bonds is 13. The fraction of sp³-hybridized carbons (Fsp3) is 0.409. The van der Waals surface area contributed by atoms with Crippen LogP contribution in [-0.4, -0.2) is 129 Å². The molecule has 3 aliphatic heterocycles. The number of carbonyl (C=O) groups excluding carboxylic acids is 1. The van der Waals surface area contributed by atoms with Crippen molar-refractivity contribution in [2.24, 2.45) is 0 Å². The molecule has 16 nitrogen and oxygen atoms in total. The van der Waals surface area contributed by atoms with Crippen LogP contribution in [-0.2, 0) is 21.2 Å². The molecule has 326 valence electrons. The predicted octanol–water partition coefficient (Wildman–Crippen LogP) is 6.05. The molecule has 9 rings (SSSR count). The number of halogens is 1. The van der Waals surface area contributed by atoms with Gasteiger partial charge in [-0.05, 0) is 72.9 Å². The molecule has 0 spiro atoms. The van der Waals surface area contributed by atoms with Crippen LogP contribution in [0.25, 0.3) is 11.0 Å². The number of sulfonamides is 1. The highest BCUT2D eigenvalue weighted by molar-refractivity contribution is 7.90. The number of ether oxygens (including phenoxy) is 2. The van der Waals surface area contributed by atoms with Gasteiger partial charge in [0.05, 0.1) is 40.8 Å². The van der Waals surface area contributed by atoms with Crippen LogP contribution in [0.15, 0.2) is 84.0 Å². The average Bonchev–Trinajstić information content (AvgIpc) is 3.61. The number of nitrogens with zero attached hydrogens (tertiary/aromatic N) is 6. The van der Waals surface area contributed by atoms with E-state index in [0.717, 1.165) is 113 Å². The third-order valence-electron chi connectivity index (χ3n) is 12.6. The van der Waals surface area contributed by atoms with Crippen LogP contribution in [0.4, 0.5) is 17.1 Å². The monoisotopic (exact) mass is 883 g/mol. The maximum Gasteiger partial charge on any atom is 0.293 e. The second-order valence-corrected chi connectivity index (χ2v) is 18.4. The maximum atomic E-state index is 13.9. The average molecular weight is 884 g/mol. The molecule has 3 fully saturated rings. The van der Waals surface area contributed by atoms with Gasteiger partial charge < -0.3 is 24.7 Å². The van der Waals surface area contributed by atoms with Crippen LogP contribution in [0.5, 0.6) is 11.5 Å². The predicted molar refractivity (Wildman–Crippen MR) is 237 cm³/mol. The van der Waals surface area contributed by atoms with Crippen molar-refractivity contribution in [1.29, 1.82) is 0 Å². The molecule has 18 heteroatoms.